The molecule has 1 fully saturated rings. The number of amides is 1. The second-order valence-electron chi connectivity index (χ2n) is 7.35. The van der Waals surface area contributed by atoms with Crippen LogP contribution in [0, 0.1) is 0 Å². The molecule has 1 unspecified atom stereocenters. The number of thiophene rings is 1. The van der Waals surface area contributed by atoms with Crippen LogP contribution in [-0.4, -0.2) is 68.4 Å². The molecule has 0 bridgehead atoms. The Bertz CT molecular complexity index is 949. The van der Waals surface area contributed by atoms with Crippen LogP contribution in [0.5, 0.6) is 0 Å². The second-order valence-corrected chi connectivity index (χ2v) is 9.69. The van der Waals surface area contributed by atoms with E-state index in [1.807, 2.05) is 30.0 Å². The number of hydrogen-bond acceptors (Lipinski definition) is 6. The van der Waals surface area contributed by atoms with E-state index in [0.717, 1.165) is 55.8 Å². The first kappa shape index (κ1) is 21.1. The molecule has 1 aromatic carbocycles. The van der Waals surface area contributed by atoms with E-state index >= 15 is 0 Å². The Kier molecular flexibility index (Phi) is 6.86. The summed E-state index contributed by atoms with van der Waals surface area (Å²) in [6, 6.07) is 14.3. The van der Waals surface area contributed by atoms with Crippen LogP contribution >= 0.6 is 23.1 Å². The highest BCUT2D eigenvalue weighted by Gasteiger charge is 2.27. The summed E-state index contributed by atoms with van der Waals surface area (Å²) in [6.07, 6.45) is 0.724. The van der Waals surface area contributed by atoms with Gasteiger partial charge in [0, 0.05) is 43.2 Å². The number of nitrogens with zero attached hydrogens (tertiary/aromatic N) is 5. The fraction of sp³-hybridized carbons (Fsp3) is 0.409. The maximum atomic E-state index is 13.0. The zero-order valence-corrected chi connectivity index (χ0v) is 19.0. The molecule has 1 aliphatic rings. The third-order valence-corrected chi connectivity index (χ3v) is 7.29. The van der Waals surface area contributed by atoms with E-state index < -0.39 is 0 Å². The van der Waals surface area contributed by atoms with Crippen molar-refractivity contribution in [3.63, 3.8) is 0 Å². The number of likely N-dealkylation sites (N-methyl/N-ethyl adjacent to an activating group) is 1. The first-order valence-corrected chi connectivity index (χ1v) is 12.1. The molecule has 0 saturated carbocycles. The number of aromatic nitrogens is 3. The molecule has 1 saturated heterocycles. The van der Waals surface area contributed by atoms with Gasteiger partial charge in [-0.1, -0.05) is 43.0 Å². The quantitative estimate of drug-likeness (QED) is 0.525. The molecular formula is C22H27N5OS2. The fourth-order valence-electron chi connectivity index (χ4n) is 3.65. The minimum atomic E-state index is -0.209. The van der Waals surface area contributed by atoms with Crippen LogP contribution in [0.15, 0.2) is 53.0 Å². The average molecular weight is 442 g/mol. The van der Waals surface area contributed by atoms with Crippen molar-refractivity contribution in [3.8, 4) is 5.69 Å². The molecule has 30 heavy (non-hydrogen) atoms. The summed E-state index contributed by atoms with van der Waals surface area (Å²) >= 11 is 3.21. The molecule has 4 rings (SSSR count). The van der Waals surface area contributed by atoms with Crippen molar-refractivity contribution in [2.45, 2.75) is 30.7 Å². The van der Waals surface area contributed by atoms with Gasteiger partial charge in [-0.2, -0.15) is 0 Å². The van der Waals surface area contributed by atoms with Crippen molar-refractivity contribution in [3.05, 3.63) is 58.5 Å². The molecule has 3 heterocycles. The normalized spacial score (nSPS) is 16.0. The van der Waals surface area contributed by atoms with Crippen molar-refractivity contribution in [1.82, 2.24) is 24.6 Å². The number of para-hydroxylation sites is 1. The van der Waals surface area contributed by atoms with Gasteiger partial charge in [0.25, 0.3) is 0 Å². The molecule has 1 amide bonds. The number of piperazine rings is 1. The van der Waals surface area contributed by atoms with E-state index in [1.54, 1.807) is 11.3 Å². The highest BCUT2D eigenvalue weighted by atomic mass is 32.2. The first-order valence-electron chi connectivity index (χ1n) is 10.4. The molecule has 0 N–H and O–H groups in total. The highest BCUT2D eigenvalue weighted by Crippen LogP contribution is 2.28. The molecular weight excluding hydrogens is 414 g/mol. The SMILES string of the molecule is CCN1CCN(C(=O)C(C)Sc2nnc(Cc3cccs3)n2-c2ccccc2)CC1. The summed E-state index contributed by atoms with van der Waals surface area (Å²) in [4.78, 5) is 18.6. The lowest BCUT2D eigenvalue weighted by molar-refractivity contribution is -0.132. The zero-order valence-electron chi connectivity index (χ0n) is 17.4. The Morgan fingerprint density at radius 1 is 1.10 bits per heavy atom. The molecule has 0 radical (unpaired) electrons. The topological polar surface area (TPSA) is 54.3 Å². The van der Waals surface area contributed by atoms with Crippen LogP contribution in [0.2, 0.25) is 0 Å². The molecule has 8 heteroatoms. The number of thioether (sulfide) groups is 1. The third kappa shape index (κ3) is 4.77. The van der Waals surface area contributed by atoms with Crippen LogP contribution in [-0.2, 0) is 11.2 Å². The number of rotatable bonds is 7. The zero-order chi connectivity index (χ0) is 20.9. The van der Waals surface area contributed by atoms with Gasteiger partial charge < -0.3 is 9.80 Å². The monoisotopic (exact) mass is 441 g/mol. The Morgan fingerprint density at radius 3 is 2.53 bits per heavy atom. The predicted octanol–water partition coefficient (Wildman–Crippen LogP) is 3.56. The number of hydrogen-bond donors (Lipinski definition) is 0. The van der Waals surface area contributed by atoms with E-state index in [2.05, 4.69) is 56.2 Å². The van der Waals surface area contributed by atoms with Gasteiger partial charge in [-0.25, -0.2) is 0 Å². The Balaban J connectivity index is 1.53. The molecule has 1 aliphatic heterocycles. The minimum Gasteiger partial charge on any atom is -0.339 e. The molecule has 3 aromatic rings. The van der Waals surface area contributed by atoms with Crippen LogP contribution in [0.4, 0.5) is 0 Å². The first-order chi connectivity index (χ1) is 14.7. The molecule has 158 valence electrons. The summed E-state index contributed by atoms with van der Waals surface area (Å²) in [7, 11) is 0. The number of carbonyl (C=O) groups is 1. The average Bonchev–Trinajstić information content (AvgIpc) is 3.44. The van der Waals surface area contributed by atoms with Gasteiger partial charge >= 0.3 is 0 Å². The van der Waals surface area contributed by atoms with Gasteiger partial charge in [0.05, 0.1) is 5.25 Å². The molecule has 2 aromatic heterocycles. The van der Waals surface area contributed by atoms with Crippen LogP contribution in [0.1, 0.15) is 24.5 Å². The largest absolute Gasteiger partial charge is 0.339 e. The van der Waals surface area contributed by atoms with Gasteiger partial charge in [-0.05, 0) is 37.0 Å². The van der Waals surface area contributed by atoms with Crippen molar-refractivity contribution in [2.24, 2.45) is 0 Å². The van der Waals surface area contributed by atoms with E-state index in [4.69, 9.17) is 0 Å². The van der Waals surface area contributed by atoms with E-state index in [1.165, 1.54) is 16.6 Å². The minimum absolute atomic E-state index is 0.179. The van der Waals surface area contributed by atoms with Gasteiger partial charge in [-0.15, -0.1) is 21.5 Å². The summed E-state index contributed by atoms with van der Waals surface area (Å²) in [5, 5.41) is 11.6. The van der Waals surface area contributed by atoms with Crippen molar-refractivity contribution in [1.29, 1.82) is 0 Å². The van der Waals surface area contributed by atoms with Gasteiger partial charge in [-0.3, -0.25) is 9.36 Å². The summed E-state index contributed by atoms with van der Waals surface area (Å²) in [5.41, 5.74) is 1.02. The Labute approximate surface area is 185 Å². The van der Waals surface area contributed by atoms with Crippen LogP contribution in [0.3, 0.4) is 0 Å². The Morgan fingerprint density at radius 2 is 1.87 bits per heavy atom. The lowest BCUT2D eigenvalue weighted by atomic mass is 10.3. The third-order valence-electron chi connectivity index (χ3n) is 5.39. The van der Waals surface area contributed by atoms with Gasteiger partial charge in [0.1, 0.15) is 5.82 Å². The summed E-state index contributed by atoms with van der Waals surface area (Å²) in [6.45, 7) is 8.68. The van der Waals surface area contributed by atoms with Crippen molar-refractivity contribution >= 4 is 29.0 Å². The van der Waals surface area contributed by atoms with Crippen molar-refractivity contribution < 1.29 is 4.79 Å². The molecule has 6 nitrogen and oxygen atoms in total. The molecule has 0 spiro atoms. The van der Waals surface area contributed by atoms with Crippen molar-refractivity contribution in [2.75, 3.05) is 32.7 Å². The predicted molar refractivity (Wildman–Crippen MR) is 122 cm³/mol. The number of carbonyl (C=O) groups excluding carboxylic acids is 1. The van der Waals surface area contributed by atoms with Gasteiger partial charge in [0.15, 0.2) is 5.16 Å². The standard InChI is InChI=1S/C22H27N5OS2/c1-3-25-11-13-26(14-12-25)21(28)17(2)30-22-24-23-20(16-19-10-7-15-29-19)27(22)18-8-5-4-6-9-18/h4-10,15,17H,3,11-14,16H2,1-2H3. The van der Waals surface area contributed by atoms with E-state index in [0.29, 0.717) is 0 Å². The Hall–Kier alpha value is -2.16. The second kappa shape index (κ2) is 9.76. The number of benzene rings is 1. The van der Waals surface area contributed by atoms with E-state index in [-0.39, 0.29) is 11.2 Å². The fourth-order valence-corrected chi connectivity index (χ4v) is 5.32. The van der Waals surface area contributed by atoms with Gasteiger partial charge in [0.2, 0.25) is 5.91 Å². The summed E-state index contributed by atoms with van der Waals surface area (Å²) in [5.74, 6) is 1.07. The maximum Gasteiger partial charge on any atom is 0.235 e. The molecule has 1 atom stereocenters. The lowest BCUT2D eigenvalue weighted by Crippen LogP contribution is -2.50. The maximum absolute atomic E-state index is 13.0. The van der Waals surface area contributed by atoms with Crippen LogP contribution in [0.25, 0.3) is 5.69 Å². The lowest BCUT2D eigenvalue weighted by Gasteiger charge is -2.35. The van der Waals surface area contributed by atoms with E-state index in [9.17, 15) is 4.79 Å². The highest BCUT2D eigenvalue weighted by molar-refractivity contribution is 8.00. The molecule has 0 aliphatic carbocycles. The summed E-state index contributed by atoms with van der Waals surface area (Å²) < 4.78 is 2.09. The van der Waals surface area contributed by atoms with Crippen LogP contribution < -0.4 is 0 Å². The smallest absolute Gasteiger partial charge is 0.235 e.